The maximum absolute atomic E-state index is 12.9. The van der Waals surface area contributed by atoms with E-state index in [2.05, 4.69) is 24.3 Å². The van der Waals surface area contributed by atoms with E-state index >= 15 is 0 Å². The molecule has 0 saturated carbocycles. The minimum absolute atomic E-state index is 0. The molecule has 1 aromatic carbocycles. The number of carbonyl (C=O) groups is 2. The summed E-state index contributed by atoms with van der Waals surface area (Å²) in [6.45, 7) is 4.31. The standard InChI is InChI=1S/C34H54O7S.Na/c1-3-5-7-9-11-13-15-17-19-21-23-28-40-33(35)30-26-25-27-31(42(37,38)39)32(30)34(36)41-29-24-22-20-18-16-14-12-10-8-6-4-2;/h3-6,25-27H,7-24,28-29H2,1-2H3,(H,37,38,39);/q;+1/p-1/b5-3+,6-4+;. The third-order valence-electron chi connectivity index (χ3n) is 7.19. The fraction of sp³-hybridized carbons (Fsp3) is 0.647. The first-order valence-electron chi connectivity index (χ1n) is 16.0. The van der Waals surface area contributed by atoms with Gasteiger partial charge in [-0.15, -0.1) is 0 Å². The molecule has 0 atom stereocenters. The summed E-state index contributed by atoms with van der Waals surface area (Å²) in [5.74, 6) is -1.83. The molecule has 0 amide bonds. The van der Waals surface area contributed by atoms with Gasteiger partial charge in [0.2, 0.25) is 0 Å². The maximum atomic E-state index is 12.9. The Kier molecular flexibility index (Phi) is 26.0. The van der Waals surface area contributed by atoms with E-state index in [1.807, 2.05) is 13.8 Å². The van der Waals surface area contributed by atoms with Gasteiger partial charge in [0.05, 0.1) is 29.2 Å². The molecule has 0 saturated heterocycles. The molecule has 0 aromatic heterocycles. The maximum Gasteiger partial charge on any atom is 1.00 e. The number of rotatable bonds is 25. The molecular weight excluding hydrogens is 575 g/mol. The zero-order valence-corrected chi connectivity index (χ0v) is 29.8. The van der Waals surface area contributed by atoms with Crippen LogP contribution in [0, 0.1) is 0 Å². The second kappa shape index (κ2) is 26.9. The summed E-state index contributed by atoms with van der Waals surface area (Å²) in [6, 6.07) is 3.58. The van der Waals surface area contributed by atoms with Gasteiger partial charge in [-0.2, -0.15) is 0 Å². The normalized spacial score (nSPS) is 11.6. The third-order valence-corrected chi connectivity index (χ3v) is 8.07. The van der Waals surface area contributed by atoms with E-state index in [-0.39, 0.29) is 48.3 Å². The molecule has 1 aromatic rings. The quantitative estimate of drug-likeness (QED) is 0.0424. The Balaban J connectivity index is 0.0000176. The van der Waals surface area contributed by atoms with Crippen molar-refractivity contribution in [2.24, 2.45) is 0 Å². The van der Waals surface area contributed by atoms with Crippen molar-refractivity contribution in [2.45, 2.75) is 134 Å². The molecule has 0 N–H and O–H groups in total. The molecule has 1 rings (SSSR count). The van der Waals surface area contributed by atoms with E-state index in [0.717, 1.165) is 57.4 Å². The molecule has 43 heavy (non-hydrogen) atoms. The fourth-order valence-corrected chi connectivity index (χ4v) is 5.47. The van der Waals surface area contributed by atoms with Crippen molar-refractivity contribution in [3.05, 3.63) is 53.6 Å². The van der Waals surface area contributed by atoms with Crippen molar-refractivity contribution in [3.8, 4) is 0 Å². The Morgan fingerprint density at radius 3 is 1.47 bits per heavy atom. The summed E-state index contributed by atoms with van der Waals surface area (Å²) < 4.78 is 46.2. The average Bonchev–Trinajstić information content (AvgIpc) is 2.97. The van der Waals surface area contributed by atoms with E-state index in [9.17, 15) is 22.6 Å². The predicted octanol–water partition coefficient (Wildman–Crippen LogP) is 6.08. The largest absolute Gasteiger partial charge is 1.00 e. The predicted molar refractivity (Wildman–Crippen MR) is 168 cm³/mol. The molecule has 7 nitrogen and oxygen atoms in total. The van der Waals surface area contributed by atoms with Crippen LogP contribution in [-0.2, 0) is 19.6 Å². The van der Waals surface area contributed by atoms with Gasteiger partial charge in [-0.3, -0.25) is 0 Å². The smallest absolute Gasteiger partial charge is 0.744 e. The van der Waals surface area contributed by atoms with Crippen LogP contribution in [0.2, 0.25) is 0 Å². The van der Waals surface area contributed by atoms with Crippen LogP contribution in [0.5, 0.6) is 0 Å². The minimum atomic E-state index is -5.00. The van der Waals surface area contributed by atoms with Crippen molar-refractivity contribution in [2.75, 3.05) is 13.2 Å². The summed E-state index contributed by atoms with van der Waals surface area (Å²) in [7, 11) is -5.00. The number of esters is 2. The molecule has 0 spiro atoms. The Labute approximate surface area is 283 Å². The van der Waals surface area contributed by atoms with Crippen LogP contribution in [0.4, 0.5) is 0 Å². The van der Waals surface area contributed by atoms with Crippen molar-refractivity contribution in [1.29, 1.82) is 0 Å². The Morgan fingerprint density at radius 2 is 1.05 bits per heavy atom. The molecule has 0 radical (unpaired) electrons. The van der Waals surface area contributed by atoms with Gasteiger partial charge in [-0.1, -0.05) is 107 Å². The van der Waals surface area contributed by atoms with Crippen LogP contribution in [0.15, 0.2) is 47.4 Å². The van der Waals surface area contributed by atoms with Crippen LogP contribution in [-0.4, -0.2) is 38.1 Å². The second-order valence-electron chi connectivity index (χ2n) is 10.8. The Bertz CT molecular complexity index is 1050. The van der Waals surface area contributed by atoms with E-state index < -0.39 is 32.5 Å². The number of hydrogen-bond acceptors (Lipinski definition) is 7. The first kappa shape index (κ1) is 41.5. The van der Waals surface area contributed by atoms with E-state index in [1.54, 1.807) is 0 Å². The van der Waals surface area contributed by atoms with E-state index in [0.29, 0.717) is 12.8 Å². The SMILES string of the molecule is C/C=C/CCCCCCCCCCOC(=O)c1cccc(S(=O)(=O)[O-])c1C(=O)OCCCCCCCCCC/C=C/C.[Na+]. The molecule has 0 fully saturated rings. The second-order valence-corrected chi connectivity index (χ2v) is 12.1. The molecule has 0 aliphatic rings. The van der Waals surface area contributed by atoms with Crippen LogP contribution in [0.3, 0.4) is 0 Å². The first-order chi connectivity index (χ1) is 20.3. The molecule has 0 heterocycles. The molecule has 0 bridgehead atoms. The van der Waals surface area contributed by atoms with E-state index in [4.69, 9.17) is 9.47 Å². The summed E-state index contributed by atoms with van der Waals surface area (Å²) in [5, 5.41) is 0. The fourth-order valence-electron chi connectivity index (χ4n) is 4.78. The molecule has 238 valence electrons. The summed E-state index contributed by atoms with van der Waals surface area (Å²) in [5.41, 5.74) is -0.797. The molecule has 9 heteroatoms. The van der Waals surface area contributed by atoms with Crippen molar-refractivity contribution < 1.29 is 61.6 Å². The van der Waals surface area contributed by atoms with Gasteiger partial charge >= 0.3 is 41.5 Å². The van der Waals surface area contributed by atoms with Crippen molar-refractivity contribution >= 4 is 22.1 Å². The number of hydrogen-bond donors (Lipinski definition) is 0. The Hall–Kier alpha value is -1.45. The number of allylic oxidation sites excluding steroid dienone is 4. The average molecular weight is 629 g/mol. The van der Waals surface area contributed by atoms with Crippen molar-refractivity contribution in [1.82, 2.24) is 0 Å². The number of unbranched alkanes of at least 4 members (excludes halogenated alkanes) is 16. The van der Waals surface area contributed by atoms with Gasteiger partial charge in [0, 0.05) is 0 Å². The minimum Gasteiger partial charge on any atom is -0.744 e. The van der Waals surface area contributed by atoms with E-state index in [1.165, 1.54) is 63.5 Å². The number of benzene rings is 1. The number of ether oxygens (including phenoxy) is 2. The third kappa shape index (κ3) is 20.3. The summed E-state index contributed by atoms with van der Waals surface area (Å²) in [6.07, 6.45) is 27.9. The number of carbonyl (C=O) groups excluding carboxylic acids is 2. The molecule has 0 aliphatic heterocycles. The van der Waals surface area contributed by atoms with Gasteiger partial charge in [0.15, 0.2) is 0 Å². The van der Waals surface area contributed by atoms with Crippen LogP contribution < -0.4 is 29.6 Å². The molecule has 0 unspecified atom stereocenters. The van der Waals surface area contributed by atoms with Gasteiger partial charge in [0.25, 0.3) is 0 Å². The zero-order chi connectivity index (χ0) is 30.9. The molecular formula is C34H53NaO7S. The van der Waals surface area contributed by atoms with Crippen LogP contribution in [0.1, 0.15) is 150 Å². The van der Waals surface area contributed by atoms with Gasteiger partial charge in [-0.25, -0.2) is 18.0 Å². The molecule has 0 aliphatic carbocycles. The topological polar surface area (TPSA) is 110 Å². The zero-order valence-electron chi connectivity index (χ0n) is 26.9. The van der Waals surface area contributed by atoms with Gasteiger partial charge < -0.3 is 14.0 Å². The van der Waals surface area contributed by atoms with Crippen molar-refractivity contribution in [3.63, 3.8) is 0 Å². The van der Waals surface area contributed by atoms with Crippen LogP contribution >= 0.6 is 0 Å². The Morgan fingerprint density at radius 1 is 0.651 bits per heavy atom. The first-order valence-corrected chi connectivity index (χ1v) is 17.4. The van der Waals surface area contributed by atoms with Crippen LogP contribution in [0.25, 0.3) is 0 Å². The summed E-state index contributed by atoms with van der Waals surface area (Å²) >= 11 is 0. The van der Waals surface area contributed by atoms with Gasteiger partial charge in [0.1, 0.15) is 10.1 Å². The monoisotopic (exact) mass is 628 g/mol. The van der Waals surface area contributed by atoms with Gasteiger partial charge in [-0.05, 0) is 64.5 Å². The summed E-state index contributed by atoms with van der Waals surface area (Å²) in [4.78, 5) is 24.9.